The predicted molar refractivity (Wildman–Crippen MR) is 81.2 cm³/mol. The maximum Gasteiger partial charge on any atom is 0.460 e. The van der Waals surface area contributed by atoms with Crippen LogP contribution in [0.25, 0.3) is 0 Å². The molecule has 42 heavy (non-hydrogen) atoms. The molecule has 0 unspecified atom stereocenters. The van der Waals surface area contributed by atoms with Crippen molar-refractivity contribution >= 4 is 20.2 Å². The predicted octanol–water partition coefficient (Wildman–Crippen LogP) is 6.15. The lowest BCUT2D eigenvalue weighted by Gasteiger charge is -2.37. The van der Waals surface area contributed by atoms with E-state index in [1.807, 2.05) is 0 Å². The molecule has 0 aliphatic heterocycles. The summed E-state index contributed by atoms with van der Waals surface area (Å²) in [5, 5.41) is -16.3. The van der Waals surface area contributed by atoms with E-state index in [4.69, 9.17) is 0 Å². The molecular weight excluding hydrogens is 722 g/mol. The summed E-state index contributed by atoms with van der Waals surface area (Å²) in [6.07, 6.45) is -20.2. The molecule has 254 valence electrons. The van der Waals surface area contributed by atoms with Crippen LogP contribution >= 0.6 is 0 Å². The topological polar surface area (TPSA) is 86.7 Å². The van der Waals surface area contributed by atoms with Crippen LogP contribution in [0.5, 0.6) is 0 Å². The van der Waals surface area contributed by atoms with Crippen molar-refractivity contribution in [3.63, 3.8) is 0 Å². The summed E-state index contributed by atoms with van der Waals surface area (Å²) in [6, 6.07) is 0. The van der Waals surface area contributed by atoms with Crippen molar-refractivity contribution in [2.75, 3.05) is 0 Å². The van der Waals surface area contributed by atoms with Crippen LogP contribution in [0.3, 0.4) is 0 Å². The van der Waals surface area contributed by atoms with Gasteiger partial charge in [0.1, 0.15) is 0 Å². The molecule has 0 saturated carbocycles. The summed E-state index contributed by atoms with van der Waals surface area (Å²) < 4.78 is 333. The lowest BCUT2D eigenvalue weighted by Crippen LogP contribution is -2.68. The zero-order valence-electron chi connectivity index (χ0n) is 18.2. The maximum atomic E-state index is 13.6. The quantitative estimate of drug-likeness (QED) is 0.136. The molecule has 0 aliphatic carbocycles. The van der Waals surface area contributed by atoms with Crippen molar-refractivity contribution in [3.8, 4) is 0 Å². The van der Waals surface area contributed by atoms with E-state index in [1.54, 1.807) is 0 Å². The van der Waals surface area contributed by atoms with Crippen molar-refractivity contribution in [2.45, 2.75) is 71.6 Å². The normalized spacial score (nSPS) is 16.8. The third-order valence-corrected chi connectivity index (χ3v) is 6.99. The fraction of sp³-hybridized carbons (Fsp3) is 1.00. The highest BCUT2D eigenvalue weighted by molar-refractivity contribution is 7.88. The van der Waals surface area contributed by atoms with E-state index in [1.165, 1.54) is 0 Å². The number of rotatable bonds is 12. The SMILES string of the molecule is CC(OS(=O)(=O)C(F)(F)C(F)(F)C(F)(F)C(F)(F)C(F)(F)F)OS(=O)(=O)C(F)(F)C(F)(F)C(F)(F)C(F)(F)C(F)(F)F. The van der Waals surface area contributed by atoms with Crippen LogP contribution in [0.1, 0.15) is 6.92 Å². The van der Waals surface area contributed by atoms with E-state index in [-0.39, 0.29) is 0 Å². The first kappa shape index (κ1) is 40.3. The van der Waals surface area contributed by atoms with Gasteiger partial charge in [-0.05, 0) is 6.92 Å². The van der Waals surface area contributed by atoms with Gasteiger partial charge < -0.3 is 0 Å². The van der Waals surface area contributed by atoms with Gasteiger partial charge in [0.25, 0.3) is 0 Å². The minimum atomic E-state index is -8.49. The summed E-state index contributed by atoms with van der Waals surface area (Å²) in [7, 11) is -16.9. The minimum absolute atomic E-state index is 0.845. The Labute approximate surface area is 214 Å². The molecular formula is C12H4F22O6S2. The highest BCUT2D eigenvalue weighted by atomic mass is 32.2. The van der Waals surface area contributed by atoms with Crippen molar-refractivity contribution < 1.29 is 122 Å². The van der Waals surface area contributed by atoms with Crippen LogP contribution in [0, 0.1) is 0 Å². The minimum Gasteiger partial charge on any atom is -0.232 e. The van der Waals surface area contributed by atoms with Gasteiger partial charge in [0.05, 0.1) is 0 Å². The monoisotopic (exact) mass is 726 g/mol. The largest absolute Gasteiger partial charge is 0.460 e. The third-order valence-electron chi connectivity index (χ3n) is 4.17. The fourth-order valence-electron chi connectivity index (χ4n) is 1.92. The molecule has 0 saturated heterocycles. The second kappa shape index (κ2) is 10.2. The Hall–Kier alpha value is -1.72. The van der Waals surface area contributed by atoms with Crippen molar-refractivity contribution in [1.29, 1.82) is 0 Å². The molecule has 0 aromatic carbocycles. The summed E-state index contributed by atoms with van der Waals surface area (Å²) >= 11 is 0. The van der Waals surface area contributed by atoms with Gasteiger partial charge in [-0.15, -0.1) is 0 Å². The van der Waals surface area contributed by atoms with Crippen LogP contribution in [0.15, 0.2) is 0 Å². The van der Waals surface area contributed by atoms with E-state index < -0.39 is 91.8 Å². The van der Waals surface area contributed by atoms with E-state index in [9.17, 15) is 113 Å². The van der Waals surface area contributed by atoms with Gasteiger partial charge in [-0.3, -0.25) is 0 Å². The van der Waals surface area contributed by atoms with Gasteiger partial charge in [-0.1, -0.05) is 0 Å². The van der Waals surface area contributed by atoms with Crippen LogP contribution in [0.2, 0.25) is 0 Å². The van der Waals surface area contributed by atoms with Crippen LogP contribution in [0.4, 0.5) is 96.6 Å². The standard InChI is InChI=1S/C12H4F22O6S2/c1-2(39-41(35,36)11(31,32)7(21,22)3(13,14)5(17,18)9(25,26)27)40-42(37,38)12(33,34)8(23,24)4(15,16)6(19,20)10(28,29)30/h2H,1H3. The molecule has 6 nitrogen and oxygen atoms in total. The van der Waals surface area contributed by atoms with E-state index in [0.29, 0.717) is 0 Å². The number of hydrogen-bond acceptors (Lipinski definition) is 6. The van der Waals surface area contributed by atoms with Gasteiger partial charge in [-0.25, -0.2) is 8.37 Å². The first-order chi connectivity index (χ1) is 17.6. The molecule has 0 aromatic rings. The summed E-state index contributed by atoms with van der Waals surface area (Å²) in [4.78, 5) is 0. The van der Waals surface area contributed by atoms with Gasteiger partial charge in [0, 0.05) is 0 Å². The lowest BCUT2D eigenvalue weighted by molar-refractivity contribution is -0.413. The summed E-state index contributed by atoms with van der Waals surface area (Å²) in [5.41, 5.74) is 0. The fourth-order valence-corrected chi connectivity index (χ4v) is 3.89. The first-order valence-corrected chi connectivity index (χ1v) is 11.4. The molecule has 0 bridgehead atoms. The van der Waals surface area contributed by atoms with Crippen molar-refractivity contribution in [3.05, 3.63) is 0 Å². The van der Waals surface area contributed by atoms with E-state index in [0.717, 1.165) is 0 Å². The zero-order valence-corrected chi connectivity index (χ0v) is 19.8. The van der Waals surface area contributed by atoms with Crippen molar-refractivity contribution in [2.24, 2.45) is 0 Å². The molecule has 0 radical (unpaired) electrons. The van der Waals surface area contributed by atoms with Gasteiger partial charge >= 0.3 is 78.6 Å². The smallest absolute Gasteiger partial charge is 0.232 e. The zero-order chi connectivity index (χ0) is 35.0. The highest BCUT2D eigenvalue weighted by Crippen LogP contribution is 2.60. The summed E-state index contributed by atoms with van der Waals surface area (Å²) in [6.45, 7) is -0.845. The molecule has 0 heterocycles. The number of halogens is 22. The second-order valence-electron chi connectivity index (χ2n) is 7.14. The Morgan fingerprint density at radius 3 is 0.738 bits per heavy atom. The summed E-state index contributed by atoms with van der Waals surface area (Å²) in [5.74, 6) is -50.4. The average molecular weight is 726 g/mol. The van der Waals surface area contributed by atoms with E-state index in [2.05, 4.69) is 8.37 Å². The Bertz CT molecular complexity index is 1120. The number of hydrogen-bond donors (Lipinski definition) is 0. The highest BCUT2D eigenvalue weighted by Gasteiger charge is 2.91. The number of alkyl halides is 22. The molecule has 0 atom stereocenters. The lowest BCUT2D eigenvalue weighted by atomic mass is 10.0. The van der Waals surface area contributed by atoms with Crippen molar-refractivity contribution in [1.82, 2.24) is 0 Å². The van der Waals surface area contributed by atoms with Crippen LogP contribution in [-0.4, -0.2) is 81.5 Å². The Kier molecular flexibility index (Phi) is 9.74. The third kappa shape index (κ3) is 5.51. The van der Waals surface area contributed by atoms with Gasteiger partial charge in [0.2, 0.25) is 0 Å². The Balaban J connectivity index is 6.58. The van der Waals surface area contributed by atoms with Gasteiger partial charge in [0.15, 0.2) is 6.29 Å². The molecule has 0 fully saturated rings. The van der Waals surface area contributed by atoms with Crippen LogP contribution in [-0.2, 0) is 28.6 Å². The molecule has 30 heteroatoms. The second-order valence-corrected chi connectivity index (χ2v) is 10.4. The molecule has 0 rings (SSSR count). The molecule has 0 aromatic heterocycles. The van der Waals surface area contributed by atoms with E-state index >= 15 is 0 Å². The Morgan fingerprint density at radius 1 is 0.381 bits per heavy atom. The molecule has 0 N–H and O–H groups in total. The van der Waals surface area contributed by atoms with Gasteiger partial charge in [-0.2, -0.15) is 113 Å². The molecule has 0 aliphatic rings. The maximum absolute atomic E-state index is 13.6. The molecule has 0 amide bonds. The Morgan fingerprint density at radius 2 is 0.571 bits per heavy atom. The van der Waals surface area contributed by atoms with Crippen LogP contribution < -0.4 is 0 Å². The first-order valence-electron chi connectivity index (χ1n) is 8.61. The molecule has 0 spiro atoms. The average Bonchev–Trinajstić information content (AvgIpc) is 2.69.